The van der Waals surface area contributed by atoms with Crippen LogP contribution in [0, 0.1) is 5.82 Å². The molecule has 0 bridgehead atoms. The predicted molar refractivity (Wildman–Crippen MR) is 65.5 cm³/mol. The zero-order valence-corrected chi connectivity index (χ0v) is 11.0. The van der Waals surface area contributed by atoms with Crippen LogP contribution in [0.25, 0.3) is 0 Å². The van der Waals surface area contributed by atoms with E-state index in [-0.39, 0.29) is 17.4 Å². The number of methoxy groups -OCH3 is 1. The number of esters is 1. The molecule has 0 radical (unpaired) electrons. The van der Waals surface area contributed by atoms with Crippen molar-refractivity contribution in [2.75, 3.05) is 11.8 Å². The highest BCUT2D eigenvalue weighted by molar-refractivity contribution is 7.98. The minimum absolute atomic E-state index is 0.0397. The molecule has 0 aliphatic carbocycles. The first-order valence-electron chi connectivity index (χ1n) is 5.10. The lowest BCUT2D eigenvalue weighted by Crippen LogP contribution is -2.21. The molecule has 0 atom stereocenters. The highest BCUT2D eigenvalue weighted by atomic mass is 32.2. The topological polar surface area (TPSA) is 74.7 Å². The molecule has 0 aliphatic heterocycles. The van der Waals surface area contributed by atoms with Crippen molar-refractivity contribution in [3.05, 3.63) is 23.6 Å². The van der Waals surface area contributed by atoms with Crippen molar-refractivity contribution in [2.45, 2.75) is 19.9 Å². The van der Waals surface area contributed by atoms with Crippen LogP contribution < -0.4 is 4.72 Å². The Hall–Kier alpha value is -1.38. The number of anilines is 1. The Morgan fingerprint density at radius 2 is 2.33 bits per heavy atom. The van der Waals surface area contributed by atoms with E-state index in [2.05, 4.69) is 14.4 Å². The van der Waals surface area contributed by atoms with Gasteiger partial charge in [-0.05, 0) is 19.9 Å². The lowest BCUT2D eigenvalue weighted by atomic mass is 10.2. The number of carbonyl (C=O) groups excluding carboxylic acids is 1. The summed E-state index contributed by atoms with van der Waals surface area (Å²) in [6.45, 7) is 3.54. The van der Waals surface area contributed by atoms with Crippen LogP contribution >= 0.6 is 12.1 Å². The molecule has 0 saturated carbocycles. The van der Waals surface area contributed by atoms with E-state index in [1.165, 1.54) is 7.11 Å². The first-order chi connectivity index (χ1) is 8.45. The summed E-state index contributed by atoms with van der Waals surface area (Å²) in [7, 11) is 1.19. The van der Waals surface area contributed by atoms with E-state index in [1.54, 1.807) is 13.8 Å². The Labute approximate surface area is 108 Å². The van der Waals surface area contributed by atoms with Crippen molar-refractivity contribution in [2.24, 2.45) is 0 Å². The van der Waals surface area contributed by atoms with Gasteiger partial charge in [0.1, 0.15) is 11.4 Å². The molecule has 0 fully saturated rings. The van der Waals surface area contributed by atoms with Gasteiger partial charge in [0, 0.05) is 6.04 Å². The number of ether oxygens (including phenoxy) is 1. The summed E-state index contributed by atoms with van der Waals surface area (Å²) in [5, 5.41) is 9.44. The maximum absolute atomic E-state index is 13.0. The van der Waals surface area contributed by atoms with Gasteiger partial charge in [-0.2, -0.15) is 0 Å². The van der Waals surface area contributed by atoms with Crippen LogP contribution in [-0.4, -0.2) is 33.8 Å². The molecule has 0 aliphatic rings. The van der Waals surface area contributed by atoms with Gasteiger partial charge in [-0.25, -0.2) is 14.2 Å². The highest BCUT2D eigenvalue weighted by Gasteiger charge is 2.16. The average Bonchev–Trinajstić information content (AvgIpc) is 2.35. The summed E-state index contributed by atoms with van der Waals surface area (Å²) in [6.07, 6.45) is 0.965. The highest BCUT2D eigenvalue weighted by Crippen LogP contribution is 2.20. The van der Waals surface area contributed by atoms with Gasteiger partial charge in [0.15, 0.2) is 5.82 Å². The van der Waals surface area contributed by atoms with Crippen molar-refractivity contribution in [1.29, 1.82) is 0 Å². The standard InChI is InChI=1S/C10H14FN3O3S/c1-6(2)14(16)18-13-9-8(10(15)17-3)4-7(11)5-12-9/h4-6,16H,1-3H3,(H,12,13). The smallest absolute Gasteiger partial charge is 0.341 e. The average molecular weight is 275 g/mol. The molecule has 8 heteroatoms. The Bertz CT molecular complexity index is 431. The summed E-state index contributed by atoms with van der Waals surface area (Å²) in [5.74, 6) is -1.23. The minimum atomic E-state index is -0.709. The molecular weight excluding hydrogens is 261 g/mol. The Morgan fingerprint density at radius 3 is 2.89 bits per heavy atom. The quantitative estimate of drug-likeness (QED) is 0.484. The van der Waals surface area contributed by atoms with Gasteiger partial charge in [0.2, 0.25) is 0 Å². The molecule has 100 valence electrons. The lowest BCUT2D eigenvalue weighted by molar-refractivity contribution is -0.0104. The summed E-state index contributed by atoms with van der Waals surface area (Å²) in [6, 6.07) is 0.878. The molecule has 18 heavy (non-hydrogen) atoms. The number of hydrogen-bond donors (Lipinski definition) is 2. The van der Waals surface area contributed by atoms with E-state index >= 15 is 0 Å². The molecule has 0 aromatic carbocycles. The predicted octanol–water partition coefficient (Wildman–Crippen LogP) is 2.08. The van der Waals surface area contributed by atoms with E-state index in [9.17, 15) is 14.4 Å². The van der Waals surface area contributed by atoms with Crippen LogP contribution in [0.2, 0.25) is 0 Å². The summed E-state index contributed by atoms with van der Waals surface area (Å²) in [5.41, 5.74) is -0.0397. The summed E-state index contributed by atoms with van der Waals surface area (Å²) in [4.78, 5) is 15.1. The Balaban J connectivity index is 2.85. The number of nitrogens with zero attached hydrogens (tertiary/aromatic N) is 2. The second kappa shape index (κ2) is 6.53. The zero-order chi connectivity index (χ0) is 13.7. The lowest BCUT2D eigenvalue weighted by Gasteiger charge is -2.17. The third-order valence-corrected chi connectivity index (χ3v) is 2.83. The normalized spacial score (nSPS) is 10.8. The van der Waals surface area contributed by atoms with E-state index < -0.39 is 11.8 Å². The molecule has 0 spiro atoms. The van der Waals surface area contributed by atoms with Crippen molar-refractivity contribution in [1.82, 2.24) is 9.45 Å². The van der Waals surface area contributed by atoms with Crippen LogP contribution in [0.1, 0.15) is 24.2 Å². The van der Waals surface area contributed by atoms with Gasteiger partial charge >= 0.3 is 5.97 Å². The maximum atomic E-state index is 13.0. The number of carbonyl (C=O) groups is 1. The van der Waals surface area contributed by atoms with Crippen LogP contribution in [-0.2, 0) is 4.74 Å². The Morgan fingerprint density at radius 1 is 1.67 bits per heavy atom. The van der Waals surface area contributed by atoms with E-state index in [0.29, 0.717) is 0 Å². The molecule has 6 nitrogen and oxygen atoms in total. The largest absolute Gasteiger partial charge is 0.465 e. The molecule has 0 amide bonds. The third kappa shape index (κ3) is 3.83. The number of pyridine rings is 1. The molecule has 0 saturated heterocycles. The second-order valence-corrected chi connectivity index (χ2v) is 4.39. The number of nitrogens with one attached hydrogen (secondary N) is 1. The van der Waals surface area contributed by atoms with Crippen LogP contribution in [0.15, 0.2) is 12.3 Å². The molecular formula is C10H14FN3O3S. The number of hydrogen-bond acceptors (Lipinski definition) is 7. The number of halogens is 1. The van der Waals surface area contributed by atoms with Crippen LogP contribution in [0.4, 0.5) is 10.2 Å². The van der Waals surface area contributed by atoms with Crippen molar-refractivity contribution >= 4 is 23.9 Å². The molecule has 1 rings (SSSR count). The van der Waals surface area contributed by atoms with Gasteiger partial charge in [0.05, 0.1) is 25.4 Å². The van der Waals surface area contributed by atoms with E-state index in [4.69, 9.17) is 0 Å². The van der Waals surface area contributed by atoms with Crippen molar-refractivity contribution in [3.8, 4) is 0 Å². The SMILES string of the molecule is COC(=O)c1cc(F)cnc1NSN(O)C(C)C. The summed E-state index contributed by atoms with van der Waals surface area (Å²) >= 11 is 0.832. The maximum Gasteiger partial charge on any atom is 0.341 e. The zero-order valence-electron chi connectivity index (χ0n) is 10.2. The third-order valence-electron chi connectivity index (χ3n) is 1.94. The first kappa shape index (κ1) is 14.7. The van der Waals surface area contributed by atoms with Crippen molar-refractivity contribution < 1.29 is 19.1 Å². The molecule has 2 N–H and O–H groups in total. The monoisotopic (exact) mass is 275 g/mol. The van der Waals surface area contributed by atoms with Gasteiger partial charge in [-0.15, -0.1) is 4.47 Å². The fraction of sp³-hybridized carbons (Fsp3) is 0.400. The minimum Gasteiger partial charge on any atom is -0.465 e. The number of rotatable bonds is 5. The molecule has 1 heterocycles. The second-order valence-electron chi connectivity index (χ2n) is 3.63. The fourth-order valence-corrected chi connectivity index (χ4v) is 1.54. The van der Waals surface area contributed by atoms with Crippen LogP contribution in [0.3, 0.4) is 0 Å². The van der Waals surface area contributed by atoms with Gasteiger partial charge in [0.25, 0.3) is 0 Å². The van der Waals surface area contributed by atoms with Gasteiger partial charge < -0.3 is 9.94 Å². The number of hydroxylamine groups is 1. The van der Waals surface area contributed by atoms with Gasteiger partial charge in [-0.1, -0.05) is 0 Å². The molecule has 1 aromatic rings. The Kier molecular flexibility index (Phi) is 5.32. The summed E-state index contributed by atoms with van der Waals surface area (Å²) < 4.78 is 21.1. The van der Waals surface area contributed by atoms with Gasteiger partial charge in [-0.3, -0.25) is 4.72 Å². The molecule has 0 unspecified atom stereocenters. The number of aromatic nitrogens is 1. The first-order valence-corrected chi connectivity index (χ1v) is 5.88. The fourth-order valence-electron chi connectivity index (χ4n) is 0.982. The van der Waals surface area contributed by atoms with Crippen molar-refractivity contribution in [3.63, 3.8) is 0 Å². The van der Waals surface area contributed by atoms with Crippen LogP contribution in [0.5, 0.6) is 0 Å². The molecule has 1 aromatic heterocycles. The van der Waals surface area contributed by atoms with E-state index in [0.717, 1.165) is 28.9 Å². The van der Waals surface area contributed by atoms with E-state index in [1.807, 2.05) is 0 Å².